The predicted molar refractivity (Wildman–Crippen MR) is 92.8 cm³/mol. The Morgan fingerprint density at radius 3 is 2.43 bits per heavy atom. The summed E-state index contributed by atoms with van der Waals surface area (Å²) in [5.74, 6) is 0. The molecule has 0 saturated heterocycles. The monoisotopic (exact) mass is 278 g/mol. The summed E-state index contributed by atoms with van der Waals surface area (Å²) in [7, 11) is 0. The van der Waals surface area contributed by atoms with Crippen LogP contribution in [-0.2, 0) is 6.42 Å². The number of nitrogens with one attached hydrogen (secondary N) is 1. The quantitative estimate of drug-likeness (QED) is 0.458. The lowest BCUT2D eigenvalue weighted by Crippen LogP contribution is -1.98. The fourth-order valence-electron chi connectivity index (χ4n) is 2.54. The maximum atomic E-state index is 4.58. The number of para-hydroxylation sites is 1. The molecule has 0 amide bonds. The molecule has 21 heavy (non-hydrogen) atoms. The van der Waals surface area contributed by atoms with Crippen molar-refractivity contribution in [3.05, 3.63) is 71.3 Å². The molecule has 2 aromatic rings. The van der Waals surface area contributed by atoms with Gasteiger partial charge in [0, 0.05) is 5.69 Å². The summed E-state index contributed by atoms with van der Waals surface area (Å²) in [6.45, 7) is 10.1. The largest absolute Gasteiger partial charge is 0.346 e. The van der Waals surface area contributed by atoms with Gasteiger partial charge in [0.25, 0.3) is 0 Å². The van der Waals surface area contributed by atoms with Gasteiger partial charge in [0.05, 0.1) is 12.0 Å². The Morgan fingerprint density at radius 1 is 1.10 bits per heavy atom. The van der Waals surface area contributed by atoms with Gasteiger partial charge in [-0.05, 0) is 49.9 Å². The van der Waals surface area contributed by atoms with E-state index >= 15 is 0 Å². The van der Waals surface area contributed by atoms with Crippen molar-refractivity contribution in [2.45, 2.75) is 27.2 Å². The smallest absolute Gasteiger partial charge is 0.0930 e. The number of aryl methyl sites for hydroxylation is 3. The Bertz CT molecular complexity index is 646. The number of hydrogen-bond donors (Lipinski definition) is 1. The second-order valence-corrected chi connectivity index (χ2v) is 5.30. The zero-order chi connectivity index (χ0) is 15.2. The van der Waals surface area contributed by atoms with Crippen molar-refractivity contribution >= 4 is 17.7 Å². The standard InChI is InChI=1S/C19H22N2/c1-5-8-17-9-6-7-10-18(17)20-13-21-19-15(3)11-14(2)12-16(19)4/h5-7,9-13H,1,8H2,2-4H3,(H,20,21). The van der Waals surface area contributed by atoms with E-state index in [0.717, 1.165) is 17.8 Å². The second-order valence-electron chi connectivity index (χ2n) is 5.30. The molecule has 0 aliphatic heterocycles. The first-order valence-electron chi connectivity index (χ1n) is 7.17. The fraction of sp³-hybridized carbons (Fsp3) is 0.211. The van der Waals surface area contributed by atoms with E-state index in [0.29, 0.717) is 0 Å². The Morgan fingerprint density at radius 2 is 1.76 bits per heavy atom. The molecule has 0 bridgehead atoms. The lowest BCUT2D eigenvalue weighted by Gasteiger charge is -2.08. The molecule has 0 aliphatic rings. The number of anilines is 1. The van der Waals surface area contributed by atoms with E-state index in [1.807, 2.05) is 18.2 Å². The molecule has 2 rings (SSSR count). The molecule has 1 N–H and O–H groups in total. The topological polar surface area (TPSA) is 24.4 Å². The van der Waals surface area contributed by atoms with Crippen molar-refractivity contribution in [1.82, 2.24) is 0 Å². The van der Waals surface area contributed by atoms with E-state index in [-0.39, 0.29) is 0 Å². The van der Waals surface area contributed by atoms with E-state index < -0.39 is 0 Å². The molecule has 2 heteroatoms. The Labute approximate surface area is 127 Å². The van der Waals surface area contributed by atoms with Crippen molar-refractivity contribution in [1.29, 1.82) is 0 Å². The van der Waals surface area contributed by atoms with Crippen LogP contribution in [0.25, 0.3) is 0 Å². The lowest BCUT2D eigenvalue weighted by atomic mass is 10.1. The summed E-state index contributed by atoms with van der Waals surface area (Å²) in [6.07, 6.45) is 4.53. The van der Waals surface area contributed by atoms with Crippen LogP contribution in [0, 0.1) is 20.8 Å². The van der Waals surface area contributed by atoms with Crippen LogP contribution in [0.3, 0.4) is 0 Å². The molecule has 0 fully saturated rings. The zero-order valence-electron chi connectivity index (χ0n) is 13.0. The number of allylic oxidation sites excluding steroid dienone is 1. The van der Waals surface area contributed by atoms with E-state index in [4.69, 9.17) is 0 Å². The highest BCUT2D eigenvalue weighted by atomic mass is 14.9. The normalized spacial score (nSPS) is 10.8. The van der Waals surface area contributed by atoms with Gasteiger partial charge < -0.3 is 5.32 Å². The van der Waals surface area contributed by atoms with Crippen molar-refractivity contribution in [3.8, 4) is 0 Å². The minimum absolute atomic E-state index is 0.847. The average molecular weight is 278 g/mol. The first-order valence-corrected chi connectivity index (χ1v) is 7.17. The summed E-state index contributed by atoms with van der Waals surface area (Å²) in [5.41, 5.74) is 7.00. The van der Waals surface area contributed by atoms with Gasteiger partial charge in [-0.1, -0.05) is 42.0 Å². The zero-order valence-corrected chi connectivity index (χ0v) is 13.0. The van der Waals surface area contributed by atoms with Gasteiger partial charge in [0.2, 0.25) is 0 Å². The highest BCUT2D eigenvalue weighted by Crippen LogP contribution is 2.24. The van der Waals surface area contributed by atoms with E-state index in [1.165, 1.54) is 22.3 Å². The third-order valence-corrected chi connectivity index (χ3v) is 3.43. The molecule has 0 spiro atoms. The first kappa shape index (κ1) is 15.0. The van der Waals surface area contributed by atoms with Crippen molar-refractivity contribution in [2.75, 3.05) is 5.32 Å². The number of benzene rings is 2. The highest BCUT2D eigenvalue weighted by molar-refractivity contribution is 5.80. The van der Waals surface area contributed by atoms with Crippen molar-refractivity contribution < 1.29 is 0 Å². The number of hydrogen-bond acceptors (Lipinski definition) is 1. The SMILES string of the molecule is C=CCc1ccccc1NC=Nc1c(C)cc(C)cc1C. The molecule has 2 nitrogen and oxygen atoms in total. The number of rotatable bonds is 5. The minimum Gasteiger partial charge on any atom is -0.346 e. The highest BCUT2D eigenvalue weighted by Gasteiger charge is 2.02. The van der Waals surface area contributed by atoms with Gasteiger partial charge in [-0.25, -0.2) is 4.99 Å². The van der Waals surface area contributed by atoms with Gasteiger partial charge in [-0.2, -0.15) is 0 Å². The molecule has 0 heterocycles. The second kappa shape index (κ2) is 6.89. The van der Waals surface area contributed by atoms with Crippen LogP contribution in [0.1, 0.15) is 22.3 Å². The van der Waals surface area contributed by atoms with Crippen LogP contribution in [0.4, 0.5) is 11.4 Å². The van der Waals surface area contributed by atoms with E-state index in [2.05, 4.69) is 61.9 Å². The summed E-state index contributed by atoms with van der Waals surface area (Å²) in [4.78, 5) is 4.58. The summed E-state index contributed by atoms with van der Waals surface area (Å²) >= 11 is 0. The van der Waals surface area contributed by atoms with Crippen LogP contribution in [0.15, 0.2) is 54.0 Å². The minimum atomic E-state index is 0.847. The van der Waals surface area contributed by atoms with Crippen LogP contribution in [0.2, 0.25) is 0 Å². The fourth-order valence-corrected chi connectivity index (χ4v) is 2.54. The molecule has 108 valence electrons. The van der Waals surface area contributed by atoms with Crippen LogP contribution < -0.4 is 5.32 Å². The van der Waals surface area contributed by atoms with Gasteiger partial charge in [-0.15, -0.1) is 6.58 Å². The Kier molecular flexibility index (Phi) is 4.94. The van der Waals surface area contributed by atoms with Crippen molar-refractivity contribution in [3.63, 3.8) is 0 Å². The van der Waals surface area contributed by atoms with Gasteiger partial charge in [0.1, 0.15) is 0 Å². The molecular formula is C19H22N2. The summed E-state index contributed by atoms with van der Waals surface area (Å²) in [5, 5.41) is 3.28. The van der Waals surface area contributed by atoms with E-state index in [9.17, 15) is 0 Å². The van der Waals surface area contributed by atoms with Crippen molar-refractivity contribution in [2.24, 2.45) is 4.99 Å². The lowest BCUT2D eigenvalue weighted by molar-refractivity contribution is 1.27. The predicted octanol–water partition coefficient (Wildman–Crippen LogP) is 5.11. The molecular weight excluding hydrogens is 256 g/mol. The Hall–Kier alpha value is -2.35. The molecule has 0 saturated carbocycles. The third kappa shape index (κ3) is 3.82. The summed E-state index contributed by atoms with van der Waals surface area (Å²) < 4.78 is 0. The molecule has 0 aromatic heterocycles. The molecule has 0 unspecified atom stereocenters. The Balaban J connectivity index is 2.18. The maximum Gasteiger partial charge on any atom is 0.0930 e. The molecule has 0 radical (unpaired) electrons. The first-order chi connectivity index (χ1) is 10.1. The number of nitrogens with zero attached hydrogens (tertiary/aromatic N) is 1. The van der Waals surface area contributed by atoms with Gasteiger partial charge in [-0.3, -0.25) is 0 Å². The van der Waals surface area contributed by atoms with Crippen LogP contribution in [0.5, 0.6) is 0 Å². The third-order valence-electron chi connectivity index (χ3n) is 3.43. The van der Waals surface area contributed by atoms with Crippen LogP contribution >= 0.6 is 0 Å². The van der Waals surface area contributed by atoms with Crippen LogP contribution in [-0.4, -0.2) is 6.34 Å². The molecule has 2 aromatic carbocycles. The summed E-state index contributed by atoms with van der Waals surface area (Å²) in [6, 6.07) is 12.5. The average Bonchev–Trinajstić information content (AvgIpc) is 2.43. The van der Waals surface area contributed by atoms with Gasteiger partial charge in [0.15, 0.2) is 0 Å². The number of aliphatic imine (C=N–C) groups is 1. The molecule has 0 aliphatic carbocycles. The maximum absolute atomic E-state index is 4.58. The molecule has 0 atom stereocenters. The van der Waals surface area contributed by atoms with Gasteiger partial charge >= 0.3 is 0 Å². The van der Waals surface area contributed by atoms with E-state index in [1.54, 1.807) is 6.34 Å².